The molecule has 6 aromatic rings. The highest BCUT2D eigenvalue weighted by Gasteiger charge is 2.19. The number of aromatic nitrogens is 7. The van der Waals surface area contributed by atoms with E-state index >= 15 is 0 Å². The smallest absolute Gasteiger partial charge is 0.161 e. The van der Waals surface area contributed by atoms with Gasteiger partial charge in [0.2, 0.25) is 0 Å². The van der Waals surface area contributed by atoms with Crippen LogP contribution in [0.15, 0.2) is 61.1 Å². The van der Waals surface area contributed by atoms with E-state index in [0.29, 0.717) is 46.2 Å². The van der Waals surface area contributed by atoms with Crippen molar-refractivity contribution in [2.45, 2.75) is 32.2 Å². The first-order valence-corrected chi connectivity index (χ1v) is 15.7. The van der Waals surface area contributed by atoms with Crippen LogP contribution in [0.5, 0.6) is 5.75 Å². The average Bonchev–Trinajstić information content (AvgIpc) is 3.88. The van der Waals surface area contributed by atoms with Gasteiger partial charge in [0.15, 0.2) is 11.5 Å². The molecule has 2 aliphatic rings. The number of ether oxygens (including phenoxy) is 1. The highest BCUT2D eigenvalue weighted by molar-refractivity contribution is 5.95. The van der Waals surface area contributed by atoms with E-state index in [9.17, 15) is 4.39 Å². The number of rotatable bonds is 9. The molecule has 0 saturated carbocycles. The molecule has 0 bridgehead atoms. The molecule has 0 amide bonds. The van der Waals surface area contributed by atoms with Gasteiger partial charge in [-0.25, -0.2) is 14.4 Å². The summed E-state index contributed by atoms with van der Waals surface area (Å²) in [5.74, 6) is 0.648. The van der Waals surface area contributed by atoms with E-state index in [2.05, 4.69) is 41.0 Å². The van der Waals surface area contributed by atoms with Crippen molar-refractivity contribution >= 4 is 22.1 Å². The summed E-state index contributed by atoms with van der Waals surface area (Å²) in [4.78, 5) is 27.2. The number of hydrogen-bond acceptors (Lipinski definition) is 8. The quantitative estimate of drug-likeness (QED) is 0.212. The Morgan fingerprint density at radius 1 is 0.800 bits per heavy atom. The van der Waals surface area contributed by atoms with Gasteiger partial charge in [-0.3, -0.25) is 24.9 Å². The lowest BCUT2D eigenvalue weighted by Gasteiger charge is -2.15. The van der Waals surface area contributed by atoms with Gasteiger partial charge in [0, 0.05) is 48.9 Å². The van der Waals surface area contributed by atoms with Gasteiger partial charge in [0.25, 0.3) is 0 Å². The number of pyridine rings is 3. The van der Waals surface area contributed by atoms with Gasteiger partial charge >= 0.3 is 0 Å². The topological polar surface area (TPSA) is 112 Å². The molecule has 5 aromatic heterocycles. The van der Waals surface area contributed by atoms with Gasteiger partial charge in [-0.05, 0) is 93.8 Å². The number of aromatic amines is 2. The van der Waals surface area contributed by atoms with Crippen LogP contribution < -0.4 is 4.74 Å². The first kappa shape index (κ1) is 27.8. The number of likely N-dealkylation sites (tertiary alicyclic amines) is 2. The maximum absolute atomic E-state index is 14.8. The molecule has 8 rings (SSSR count). The number of imidazole rings is 1. The highest BCUT2D eigenvalue weighted by atomic mass is 19.1. The monoisotopic (exact) mass is 603 g/mol. The third-order valence-corrected chi connectivity index (χ3v) is 8.75. The molecule has 2 N–H and O–H groups in total. The fraction of sp³-hybridized carbons (Fsp3) is 0.324. The fourth-order valence-corrected chi connectivity index (χ4v) is 6.48. The molecule has 1 aromatic carbocycles. The molecular formula is C34H34FN9O. The van der Waals surface area contributed by atoms with E-state index in [-0.39, 0.29) is 5.82 Å². The molecule has 0 atom stereocenters. The lowest BCUT2D eigenvalue weighted by molar-refractivity contribution is 0.237. The van der Waals surface area contributed by atoms with Crippen LogP contribution in [0.2, 0.25) is 0 Å². The maximum Gasteiger partial charge on any atom is 0.161 e. The maximum atomic E-state index is 14.8. The van der Waals surface area contributed by atoms with Crippen molar-refractivity contribution in [2.24, 2.45) is 0 Å². The Morgan fingerprint density at radius 2 is 1.62 bits per heavy atom. The van der Waals surface area contributed by atoms with Crippen LogP contribution in [-0.4, -0.2) is 84.2 Å². The van der Waals surface area contributed by atoms with Crippen molar-refractivity contribution in [1.29, 1.82) is 0 Å². The number of nitrogens with zero attached hydrogens (tertiary/aromatic N) is 7. The summed E-state index contributed by atoms with van der Waals surface area (Å²) in [5.41, 5.74) is 7.60. The Labute approximate surface area is 259 Å². The molecule has 2 fully saturated rings. The van der Waals surface area contributed by atoms with Crippen LogP contribution in [0.3, 0.4) is 0 Å². The van der Waals surface area contributed by atoms with Crippen molar-refractivity contribution in [1.82, 2.24) is 44.9 Å². The number of hydrogen-bond donors (Lipinski definition) is 2. The zero-order valence-electron chi connectivity index (χ0n) is 25.0. The minimum atomic E-state index is -0.382. The third-order valence-electron chi connectivity index (χ3n) is 8.75. The van der Waals surface area contributed by atoms with E-state index < -0.39 is 0 Å². The van der Waals surface area contributed by atoms with E-state index in [4.69, 9.17) is 14.7 Å². The number of benzene rings is 1. The predicted octanol–water partition coefficient (Wildman–Crippen LogP) is 5.83. The number of nitrogens with one attached hydrogen (secondary N) is 2. The lowest BCUT2D eigenvalue weighted by Crippen LogP contribution is -2.25. The molecule has 0 aliphatic carbocycles. The van der Waals surface area contributed by atoms with Crippen LogP contribution in [0.4, 0.5) is 4.39 Å². The summed E-state index contributed by atoms with van der Waals surface area (Å²) >= 11 is 0. The molecule has 0 spiro atoms. The van der Waals surface area contributed by atoms with E-state index in [1.165, 1.54) is 43.4 Å². The Hall–Kier alpha value is -4.74. The van der Waals surface area contributed by atoms with Crippen LogP contribution in [0.25, 0.3) is 56.1 Å². The van der Waals surface area contributed by atoms with Crippen molar-refractivity contribution in [3.05, 3.63) is 72.4 Å². The standard InChI is InChI=1S/C34H34FN9O/c35-25-16-23(17-26(18-25)45-14-13-43-9-1-2-10-43)30-31-28(7-8-37-30)39-34(40-31)33-32-29(41-42-33)6-5-27(38-32)24-15-22(19-36-20-24)21-44-11-3-4-12-44/h5-8,15-20H,1-4,9-14,21H2,(H,39,40)(H,41,42). The fourth-order valence-electron chi connectivity index (χ4n) is 6.48. The third kappa shape index (κ3) is 5.76. The van der Waals surface area contributed by atoms with Crippen molar-refractivity contribution in [2.75, 3.05) is 39.3 Å². The molecular weight excluding hydrogens is 569 g/mol. The van der Waals surface area contributed by atoms with Crippen LogP contribution in [0, 0.1) is 5.82 Å². The normalized spacial score (nSPS) is 15.9. The van der Waals surface area contributed by atoms with Crippen molar-refractivity contribution in [3.8, 4) is 39.8 Å². The molecule has 2 saturated heterocycles. The second-order valence-electron chi connectivity index (χ2n) is 11.9. The second-order valence-corrected chi connectivity index (χ2v) is 11.9. The minimum absolute atomic E-state index is 0.382. The van der Waals surface area contributed by atoms with Gasteiger partial charge in [-0.2, -0.15) is 5.10 Å². The molecule has 0 radical (unpaired) electrons. The molecule has 11 heteroatoms. The van der Waals surface area contributed by atoms with Gasteiger partial charge in [0.1, 0.15) is 29.2 Å². The summed E-state index contributed by atoms with van der Waals surface area (Å²) in [5, 5.41) is 7.66. The Kier molecular flexibility index (Phi) is 7.40. The SMILES string of the molecule is Fc1cc(OCCN2CCCC2)cc(-c2nccc3[nH]c(-c4n[nH]c5ccc(-c6cncc(CN7CCCC7)c6)nc45)nc23)c1. The van der Waals surface area contributed by atoms with Crippen LogP contribution >= 0.6 is 0 Å². The molecule has 2 aliphatic heterocycles. The van der Waals surface area contributed by atoms with Crippen molar-refractivity contribution in [3.63, 3.8) is 0 Å². The summed E-state index contributed by atoms with van der Waals surface area (Å²) < 4.78 is 20.7. The summed E-state index contributed by atoms with van der Waals surface area (Å²) in [7, 11) is 0. The second kappa shape index (κ2) is 12.0. The first-order chi connectivity index (χ1) is 22.2. The van der Waals surface area contributed by atoms with Gasteiger partial charge in [0.05, 0.1) is 22.4 Å². The first-order valence-electron chi connectivity index (χ1n) is 15.7. The summed E-state index contributed by atoms with van der Waals surface area (Å²) in [6, 6.07) is 12.7. The zero-order valence-corrected chi connectivity index (χ0v) is 25.0. The Balaban J connectivity index is 1.09. The van der Waals surface area contributed by atoms with E-state index in [1.54, 1.807) is 6.20 Å². The van der Waals surface area contributed by atoms with Crippen molar-refractivity contribution < 1.29 is 9.13 Å². The highest BCUT2D eigenvalue weighted by Crippen LogP contribution is 2.32. The Morgan fingerprint density at radius 3 is 2.49 bits per heavy atom. The minimum Gasteiger partial charge on any atom is -0.492 e. The Bertz CT molecular complexity index is 1970. The number of H-pyrrole nitrogens is 2. The van der Waals surface area contributed by atoms with Crippen LogP contribution in [-0.2, 0) is 6.54 Å². The molecule has 10 nitrogen and oxygen atoms in total. The number of fused-ring (bicyclic) bond motifs is 2. The lowest BCUT2D eigenvalue weighted by atomic mass is 10.1. The molecule has 45 heavy (non-hydrogen) atoms. The van der Waals surface area contributed by atoms with Gasteiger partial charge < -0.3 is 9.72 Å². The zero-order chi connectivity index (χ0) is 30.2. The predicted molar refractivity (Wildman–Crippen MR) is 171 cm³/mol. The largest absolute Gasteiger partial charge is 0.492 e. The van der Waals surface area contributed by atoms with Gasteiger partial charge in [-0.1, -0.05) is 0 Å². The van der Waals surface area contributed by atoms with E-state index in [1.807, 2.05) is 36.7 Å². The summed E-state index contributed by atoms with van der Waals surface area (Å²) in [6.45, 7) is 6.69. The average molecular weight is 604 g/mol. The molecule has 7 heterocycles. The molecule has 0 unspecified atom stereocenters. The van der Waals surface area contributed by atoms with Gasteiger partial charge in [-0.15, -0.1) is 0 Å². The van der Waals surface area contributed by atoms with E-state index in [0.717, 1.165) is 61.6 Å². The molecule has 228 valence electrons. The summed E-state index contributed by atoms with van der Waals surface area (Å²) in [6.07, 6.45) is 10.4. The van der Waals surface area contributed by atoms with Crippen LogP contribution in [0.1, 0.15) is 31.2 Å². The number of halogens is 1.